The zero-order valence-electron chi connectivity index (χ0n) is 12.1. The Morgan fingerprint density at radius 2 is 2.29 bits per heavy atom. The number of anilines is 1. The van der Waals surface area contributed by atoms with Crippen LogP contribution >= 0.6 is 23.8 Å². The molecule has 2 N–H and O–H groups in total. The first-order valence-corrected chi connectivity index (χ1v) is 7.93. The van der Waals surface area contributed by atoms with Gasteiger partial charge in [0.15, 0.2) is 5.11 Å². The Hall–Kier alpha value is -1.33. The third-order valence-corrected chi connectivity index (χ3v) is 3.99. The van der Waals surface area contributed by atoms with Crippen molar-refractivity contribution >= 4 is 40.5 Å². The molecule has 1 amide bonds. The lowest BCUT2D eigenvalue weighted by Gasteiger charge is -2.16. The highest BCUT2D eigenvalue weighted by atomic mass is 35.5. The summed E-state index contributed by atoms with van der Waals surface area (Å²) in [4.78, 5) is 13.4. The molecular weight excluding hydrogens is 306 g/mol. The van der Waals surface area contributed by atoms with Crippen LogP contribution in [0.4, 0.5) is 5.69 Å². The van der Waals surface area contributed by atoms with E-state index in [4.69, 9.17) is 23.8 Å². The van der Waals surface area contributed by atoms with Gasteiger partial charge in [0.1, 0.15) is 0 Å². The summed E-state index contributed by atoms with van der Waals surface area (Å²) in [5, 5.41) is 7.56. The predicted octanol–water partition coefficient (Wildman–Crippen LogP) is 2.95. The molecule has 1 saturated heterocycles. The average Bonchev–Trinajstić information content (AvgIpc) is 2.84. The Labute approximate surface area is 135 Å². The standard InChI is InChI=1S/C15H20ClN3OS/c1-11-5-6-12(16)10-13(11)18-15(21)17-7-3-9-19-8-2-4-14(19)20/h5-6,10H,2-4,7-9H2,1H3,(H2,17,18,21). The first-order chi connectivity index (χ1) is 10.1. The van der Waals surface area contributed by atoms with Gasteiger partial charge in [-0.25, -0.2) is 0 Å². The van der Waals surface area contributed by atoms with Gasteiger partial charge in [0, 0.05) is 36.8 Å². The van der Waals surface area contributed by atoms with E-state index in [0.29, 0.717) is 16.6 Å². The fourth-order valence-corrected chi connectivity index (χ4v) is 2.69. The first kappa shape index (κ1) is 16.0. The maximum Gasteiger partial charge on any atom is 0.222 e. The van der Waals surface area contributed by atoms with Crippen molar-refractivity contribution in [3.8, 4) is 0 Å². The highest BCUT2D eigenvalue weighted by Crippen LogP contribution is 2.19. The van der Waals surface area contributed by atoms with Crippen LogP contribution in [0.2, 0.25) is 5.02 Å². The molecule has 21 heavy (non-hydrogen) atoms. The number of likely N-dealkylation sites (tertiary alicyclic amines) is 1. The number of rotatable bonds is 5. The number of benzene rings is 1. The van der Waals surface area contributed by atoms with E-state index < -0.39 is 0 Å². The van der Waals surface area contributed by atoms with Crippen LogP contribution in [0.25, 0.3) is 0 Å². The number of carbonyl (C=O) groups excluding carboxylic acids is 1. The van der Waals surface area contributed by atoms with Gasteiger partial charge in [-0.3, -0.25) is 4.79 Å². The van der Waals surface area contributed by atoms with Gasteiger partial charge in [-0.05, 0) is 49.7 Å². The van der Waals surface area contributed by atoms with Crippen molar-refractivity contribution in [1.82, 2.24) is 10.2 Å². The van der Waals surface area contributed by atoms with Crippen LogP contribution in [0, 0.1) is 6.92 Å². The van der Waals surface area contributed by atoms with Crippen LogP contribution in [-0.4, -0.2) is 35.6 Å². The Morgan fingerprint density at radius 3 is 3.00 bits per heavy atom. The molecule has 2 rings (SSSR count). The minimum atomic E-state index is 0.269. The molecule has 1 aromatic carbocycles. The lowest BCUT2D eigenvalue weighted by molar-refractivity contribution is -0.127. The van der Waals surface area contributed by atoms with E-state index >= 15 is 0 Å². The van der Waals surface area contributed by atoms with E-state index in [1.165, 1.54) is 0 Å². The molecule has 1 aliphatic rings. The second-order valence-electron chi connectivity index (χ2n) is 5.18. The lowest BCUT2D eigenvalue weighted by Crippen LogP contribution is -2.33. The number of hydrogen-bond donors (Lipinski definition) is 2. The largest absolute Gasteiger partial charge is 0.362 e. The topological polar surface area (TPSA) is 44.4 Å². The predicted molar refractivity (Wildman–Crippen MR) is 90.8 cm³/mol. The van der Waals surface area contributed by atoms with E-state index in [-0.39, 0.29) is 5.91 Å². The second-order valence-corrected chi connectivity index (χ2v) is 6.02. The summed E-state index contributed by atoms with van der Waals surface area (Å²) < 4.78 is 0. The Balaban J connectivity index is 1.70. The fraction of sp³-hybridized carbons (Fsp3) is 0.467. The van der Waals surface area contributed by atoms with E-state index in [1.807, 2.05) is 30.0 Å². The number of nitrogens with zero attached hydrogens (tertiary/aromatic N) is 1. The summed E-state index contributed by atoms with van der Waals surface area (Å²) in [6, 6.07) is 5.66. The molecule has 0 saturated carbocycles. The maximum atomic E-state index is 11.5. The van der Waals surface area contributed by atoms with Gasteiger partial charge >= 0.3 is 0 Å². The van der Waals surface area contributed by atoms with Crippen molar-refractivity contribution in [3.63, 3.8) is 0 Å². The van der Waals surface area contributed by atoms with E-state index in [9.17, 15) is 4.79 Å². The lowest BCUT2D eigenvalue weighted by atomic mass is 10.2. The highest BCUT2D eigenvalue weighted by Gasteiger charge is 2.18. The molecule has 6 heteroatoms. The molecular formula is C15H20ClN3OS. The molecule has 0 aromatic heterocycles. The number of thiocarbonyl (C=S) groups is 1. The van der Waals surface area contributed by atoms with Gasteiger partial charge in [-0.1, -0.05) is 17.7 Å². The third kappa shape index (κ3) is 4.86. The molecule has 1 heterocycles. The Morgan fingerprint density at radius 1 is 1.48 bits per heavy atom. The molecule has 0 atom stereocenters. The number of hydrogen-bond acceptors (Lipinski definition) is 2. The van der Waals surface area contributed by atoms with E-state index in [1.54, 1.807) is 0 Å². The molecule has 1 fully saturated rings. The minimum absolute atomic E-state index is 0.269. The van der Waals surface area contributed by atoms with Crippen molar-refractivity contribution in [2.45, 2.75) is 26.2 Å². The van der Waals surface area contributed by atoms with E-state index in [0.717, 1.165) is 43.7 Å². The second kappa shape index (κ2) is 7.61. The van der Waals surface area contributed by atoms with Crippen molar-refractivity contribution in [2.24, 2.45) is 0 Å². The van der Waals surface area contributed by atoms with Gasteiger partial charge in [-0.2, -0.15) is 0 Å². The molecule has 0 aliphatic carbocycles. The van der Waals surface area contributed by atoms with Gasteiger partial charge in [0.05, 0.1) is 0 Å². The number of aryl methyl sites for hydroxylation is 1. The minimum Gasteiger partial charge on any atom is -0.362 e. The molecule has 4 nitrogen and oxygen atoms in total. The first-order valence-electron chi connectivity index (χ1n) is 7.15. The van der Waals surface area contributed by atoms with Crippen LogP contribution < -0.4 is 10.6 Å². The summed E-state index contributed by atoms with van der Waals surface area (Å²) in [6.07, 6.45) is 2.57. The summed E-state index contributed by atoms with van der Waals surface area (Å²) >= 11 is 11.2. The molecule has 1 aromatic rings. The number of amides is 1. The van der Waals surface area contributed by atoms with E-state index in [2.05, 4.69) is 10.6 Å². The summed E-state index contributed by atoms with van der Waals surface area (Å²) in [6.45, 7) is 4.43. The zero-order chi connectivity index (χ0) is 15.2. The summed E-state index contributed by atoms with van der Waals surface area (Å²) in [7, 11) is 0. The smallest absolute Gasteiger partial charge is 0.222 e. The molecule has 0 unspecified atom stereocenters. The van der Waals surface area contributed by atoms with Crippen LogP contribution in [0.5, 0.6) is 0 Å². The molecule has 1 aliphatic heterocycles. The number of nitrogens with one attached hydrogen (secondary N) is 2. The molecule has 114 valence electrons. The Kier molecular flexibility index (Phi) is 5.82. The van der Waals surface area contributed by atoms with Crippen LogP contribution in [0.15, 0.2) is 18.2 Å². The number of halogens is 1. The average molecular weight is 326 g/mol. The van der Waals surface area contributed by atoms with Crippen LogP contribution in [0.3, 0.4) is 0 Å². The zero-order valence-corrected chi connectivity index (χ0v) is 13.7. The van der Waals surface area contributed by atoms with Crippen molar-refractivity contribution in [1.29, 1.82) is 0 Å². The summed E-state index contributed by atoms with van der Waals surface area (Å²) in [5.41, 5.74) is 2.00. The van der Waals surface area contributed by atoms with Gasteiger partial charge in [0.2, 0.25) is 5.91 Å². The quantitative estimate of drug-likeness (QED) is 0.645. The third-order valence-electron chi connectivity index (χ3n) is 3.51. The summed E-state index contributed by atoms with van der Waals surface area (Å²) in [5.74, 6) is 0.269. The fourth-order valence-electron chi connectivity index (χ4n) is 2.31. The van der Waals surface area contributed by atoms with Gasteiger partial charge in [0.25, 0.3) is 0 Å². The van der Waals surface area contributed by atoms with Crippen molar-refractivity contribution < 1.29 is 4.79 Å². The SMILES string of the molecule is Cc1ccc(Cl)cc1NC(=S)NCCCN1CCCC1=O. The van der Waals surface area contributed by atoms with Gasteiger partial charge < -0.3 is 15.5 Å². The maximum absolute atomic E-state index is 11.5. The monoisotopic (exact) mass is 325 g/mol. The molecule has 0 bridgehead atoms. The van der Waals surface area contributed by atoms with Crippen LogP contribution in [0.1, 0.15) is 24.8 Å². The normalized spacial score (nSPS) is 14.4. The molecule has 0 spiro atoms. The van der Waals surface area contributed by atoms with Crippen molar-refractivity contribution in [3.05, 3.63) is 28.8 Å². The number of carbonyl (C=O) groups is 1. The highest BCUT2D eigenvalue weighted by molar-refractivity contribution is 7.80. The van der Waals surface area contributed by atoms with Crippen molar-refractivity contribution in [2.75, 3.05) is 25.0 Å². The van der Waals surface area contributed by atoms with Gasteiger partial charge in [-0.15, -0.1) is 0 Å². The van der Waals surface area contributed by atoms with Crippen LogP contribution in [-0.2, 0) is 4.79 Å². The molecule has 0 radical (unpaired) electrons. The Bertz CT molecular complexity index is 536.